The Morgan fingerprint density at radius 2 is 1.96 bits per heavy atom. The van der Waals surface area contributed by atoms with Crippen LogP contribution in [0.5, 0.6) is 0 Å². The van der Waals surface area contributed by atoms with E-state index in [0.29, 0.717) is 16.1 Å². The standard InChI is InChI=1S/C17H18BrNO4S2/c1-2-12-7-13(16(23)10-3-5-11(18)6-4-10)17(25-12)19-14(20)8-24-9-15(21)22/h3-7,15,21-22H,2,8-9H2,1H3,(H,19,20). The van der Waals surface area contributed by atoms with Crippen LogP contribution in [0.15, 0.2) is 34.8 Å². The monoisotopic (exact) mass is 443 g/mol. The first-order valence-electron chi connectivity index (χ1n) is 7.57. The maximum atomic E-state index is 12.8. The molecule has 5 nitrogen and oxygen atoms in total. The second-order valence-corrected chi connectivity index (χ2v) is 8.27. The predicted molar refractivity (Wildman–Crippen MR) is 105 cm³/mol. The molecule has 1 aromatic carbocycles. The number of nitrogens with one attached hydrogen (secondary N) is 1. The summed E-state index contributed by atoms with van der Waals surface area (Å²) in [5, 5.41) is 20.9. The van der Waals surface area contributed by atoms with Crippen LogP contribution in [-0.2, 0) is 11.2 Å². The number of thiophene rings is 1. The van der Waals surface area contributed by atoms with Gasteiger partial charge in [-0.05, 0) is 36.8 Å². The number of ketones is 1. The van der Waals surface area contributed by atoms with Crippen molar-refractivity contribution in [1.29, 1.82) is 0 Å². The van der Waals surface area contributed by atoms with Crippen LogP contribution in [0.2, 0.25) is 0 Å². The molecule has 0 bridgehead atoms. The molecule has 0 spiro atoms. The van der Waals surface area contributed by atoms with Crippen molar-refractivity contribution < 1.29 is 19.8 Å². The molecule has 0 saturated carbocycles. The summed E-state index contributed by atoms with van der Waals surface area (Å²) in [6.07, 6.45) is -0.673. The molecule has 0 unspecified atom stereocenters. The Bertz CT molecular complexity index is 744. The quantitative estimate of drug-likeness (QED) is 0.430. The Morgan fingerprint density at radius 3 is 2.56 bits per heavy atom. The van der Waals surface area contributed by atoms with E-state index in [2.05, 4.69) is 21.2 Å². The molecule has 0 aliphatic heterocycles. The fraction of sp³-hybridized carbons (Fsp3) is 0.294. The topological polar surface area (TPSA) is 86.6 Å². The lowest BCUT2D eigenvalue weighted by Gasteiger charge is -2.07. The predicted octanol–water partition coefficient (Wildman–Crippen LogP) is 3.29. The van der Waals surface area contributed by atoms with Crippen LogP contribution in [0.3, 0.4) is 0 Å². The van der Waals surface area contributed by atoms with Crippen molar-refractivity contribution in [3.05, 3.63) is 50.8 Å². The van der Waals surface area contributed by atoms with Gasteiger partial charge in [0.2, 0.25) is 5.91 Å². The SMILES string of the molecule is CCc1cc(C(=O)c2ccc(Br)cc2)c(NC(=O)CSCC(O)O)s1. The average Bonchev–Trinajstić information content (AvgIpc) is 2.97. The van der Waals surface area contributed by atoms with Gasteiger partial charge in [0.25, 0.3) is 0 Å². The third kappa shape index (κ3) is 5.93. The molecule has 0 fully saturated rings. The van der Waals surface area contributed by atoms with Gasteiger partial charge in [-0.25, -0.2) is 0 Å². The first-order chi connectivity index (χ1) is 11.9. The molecule has 1 aromatic heterocycles. The van der Waals surface area contributed by atoms with Crippen molar-refractivity contribution in [2.45, 2.75) is 19.6 Å². The van der Waals surface area contributed by atoms with Gasteiger partial charge < -0.3 is 15.5 Å². The Kier molecular flexibility index (Phi) is 7.64. The first-order valence-corrected chi connectivity index (χ1v) is 10.3. The number of hydrogen-bond acceptors (Lipinski definition) is 6. The Labute approximate surface area is 162 Å². The Balaban J connectivity index is 2.15. The number of halogens is 1. The summed E-state index contributed by atoms with van der Waals surface area (Å²) in [6.45, 7) is 1.99. The van der Waals surface area contributed by atoms with Gasteiger partial charge in [-0.2, -0.15) is 0 Å². The molecule has 8 heteroatoms. The van der Waals surface area contributed by atoms with E-state index in [0.717, 1.165) is 27.5 Å². The second-order valence-electron chi connectivity index (χ2n) is 5.19. The fourth-order valence-corrected chi connectivity index (χ4v) is 3.91. The third-order valence-corrected chi connectivity index (χ3v) is 5.96. The van der Waals surface area contributed by atoms with Crippen molar-refractivity contribution in [3.63, 3.8) is 0 Å². The number of aryl methyl sites for hydroxylation is 1. The van der Waals surface area contributed by atoms with Crippen LogP contribution in [0.4, 0.5) is 5.00 Å². The van der Waals surface area contributed by atoms with Gasteiger partial charge in [-0.15, -0.1) is 23.1 Å². The van der Waals surface area contributed by atoms with Crippen molar-refractivity contribution in [3.8, 4) is 0 Å². The zero-order valence-electron chi connectivity index (χ0n) is 13.5. The Morgan fingerprint density at radius 1 is 1.28 bits per heavy atom. The van der Waals surface area contributed by atoms with Crippen LogP contribution in [0, 0.1) is 0 Å². The van der Waals surface area contributed by atoms with Crippen molar-refractivity contribution >= 4 is 55.7 Å². The molecule has 0 atom stereocenters. The molecular formula is C17H18BrNO4S2. The maximum absolute atomic E-state index is 12.8. The number of carbonyl (C=O) groups excluding carboxylic acids is 2. The smallest absolute Gasteiger partial charge is 0.234 e. The number of carbonyl (C=O) groups is 2. The van der Waals surface area contributed by atoms with Crippen molar-refractivity contribution in [1.82, 2.24) is 0 Å². The number of benzene rings is 1. The van der Waals surface area contributed by atoms with Crippen LogP contribution < -0.4 is 5.32 Å². The van der Waals surface area contributed by atoms with Gasteiger partial charge in [-0.3, -0.25) is 9.59 Å². The summed E-state index contributed by atoms with van der Waals surface area (Å²) in [5.74, 6) is -0.275. The summed E-state index contributed by atoms with van der Waals surface area (Å²) < 4.78 is 0.889. The van der Waals surface area contributed by atoms with E-state index in [1.807, 2.05) is 13.0 Å². The average molecular weight is 444 g/mol. The first kappa shape index (κ1) is 20.1. The van der Waals surface area contributed by atoms with Gasteiger partial charge in [0.15, 0.2) is 12.1 Å². The molecule has 0 aliphatic carbocycles. The number of hydrogen-bond donors (Lipinski definition) is 3. The third-order valence-electron chi connectivity index (χ3n) is 3.24. The lowest BCUT2D eigenvalue weighted by atomic mass is 10.1. The van der Waals surface area contributed by atoms with Crippen LogP contribution in [0.1, 0.15) is 27.7 Å². The van der Waals surface area contributed by atoms with Crippen LogP contribution >= 0.6 is 39.0 Å². The minimum absolute atomic E-state index is 0.0583. The van der Waals surface area contributed by atoms with Gasteiger partial charge in [-0.1, -0.05) is 22.9 Å². The number of rotatable bonds is 8. The highest BCUT2D eigenvalue weighted by molar-refractivity contribution is 9.10. The van der Waals surface area contributed by atoms with Crippen molar-refractivity contribution in [2.75, 3.05) is 16.8 Å². The molecule has 1 heterocycles. The maximum Gasteiger partial charge on any atom is 0.234 e. The largest absolute Gasteiger partial charge is 0.367 e. The molecule has 0 saturated heterocycles. The van der Waals surface area contributed by atoms with Crippen LogP contribution in [-0.4, -0.2) is 39.7 Å². The van der Waals surface area contributed by atoms with E-state index in [9.17, 15) is 9.59 Å². The van der Waals surface area contributed by atoms with E-state index in [4.69, 9.17) is 10.2 Å². The minimum atomic E-state index is -1.44. The molecule has 2 aromatic rings. The van der Waals surface area contributed by atoms with E-state index < -0.39 is 6.29 Å². The highest BCUT2D eigenvalue weighted by atomic mass is 79.9. The molecule has 3 N–H and O–H groups in total. The van der Waals surface area contributed by atoms with Gasteiger partial charge >= 0.3 is 0 Å². The lowest BCUT2D eigenvalue weighted by Crippen LogP contribution is -2.17. The molecule has 2 rings (SSSR count). The lowest BCUT2D eigenvalue weighted by molar-refractivity contribution is -0.113. The Hall–Kier alpha value is -1.19. The highest BCUT2D eigenvalue weighted by Gasteiger charge is 2.19. The number of anilines is 1. The van der Waals surface area contributed by atoms with E-state index in [-0.39, 0.29) is 23.2 Å². The van der Waals surface area contributed by atoms with Gasteiger partial charge in [0, 0.05) is 20.7 Å². The molecule has 1 amide bonds. The zero-order chi connectivity index (χ0) is 18.4. The van der Waals surface area contributed by atoms with Gasteiger partial charge in [0.05, 0.1) is 11.3 Å². The number of thioether (sulfide) groups is 1. The van der Waals surface area contributed by atoms with E-state index in [1.165, 1.54) is 11.3 Å². The summed E-state index contributed by atoms with van der Waals surface area (Å²) >= 11 is 5.84. The van der Waals surface area contributed by atoms with Crippen LogP contribution in [0.25, 0.3) is 0 Å². The van der Waals surface area contributed by atoms with E-state index >= 15 is 0 Å². The number of aliphatic hydroxyl groups is 2. The highest BCUT2D eigenvalue weighted by Crippen LogP contribution is 2.31. The molecule has 25 heavy (non-hydrogen) atoms. The number of aliphatic hydroxyl groups excluding tert-OH is 1. The molecule has 0 aliphatic rings. The normalized spacial score (nSPS) is 10.9. The summed E-state index contributed by atoms with van der Waals surface area (Å²) in [6, 6.07) is 8.89. The molecule has 0 radical (unpaired) electrons. The zero-order valence-corrected chi connectivity index (χ0v) is 16.7. The fourth-order valence-electron chi connectivity index (χ4n) is 2.05. The minimum Gasteiger partial charge on any atom is -0.367 e. The van der Waals surface area contributed by atoms with Gasteiger partial charge in [0.1, 0.15) is 5.00 Å². The van der Waals surface area contributed by atoms with E-state index in [1.54, 1.807) is 24.3 Å². The second kappa shape index (κ2) is 9.49. The summed E-state index contributed by atoms with van der Waals surface area (Å²) in [7, 11) is 0. The molecular weight excluding hydrogens is 426 g/mol. The number of amides is 1. The van der Waals surface area contributed by atoms with Crippen molar-refractivity contribution in [2.24, 2.45) is 0 Å². The summed E-state index contributed by atoms with van der Waals surface area (Å²) in [4.78, 5) is 25.8. The summed E-state index contributed by atoms with van der Waals surface area (Å²) in [5.41, 5.74) is 1.03. The molecule has 134 valence electrons.